The van der Waals surface area contributed by atoms with E-state index in [-0.39, 0.29) is 6.04 Å². The first-order chi connectivity index (χ1) is 13.2. The molecule has 0 aliphatic heterocycles. The van der Waals surface area contributed by atoms with Crippen LogP contribution < -0.4 is 10.6 Å². The molecule has 0 unspecified atom stereocenters. The highest BCUT2D eigenvalue weighted by Crippen LogP contribution is 2.28. The van der Waals surface area contributed by atoms with E-state index in [1.54, 1.807) is 0 Å². The molecular weight excluding hydrogens is 348 g/mol. The maximum absolute atomic E-state index is 5.55. The van der Waals surface area contributed by atoms with Gasteiger partial charge in [-0.3, -0.25) is 0 Å². The van der Waals surface area contributed by atoms with Crippen molar-refractivity contribution in [2.75, 3.05) is 0 Å². The average molecular weight is 371 g/mol. The molecule has 0 spiro atoms. The maximum atomic E-state index is 5.55. The van der Waals surface area contributed by atoms with E-state index in [4.69, 9.17) is 12.2 Å². The number of hydrogen-bond donors (Lipinski definition) is 2. The standard InChI is InChI=1S/C24H22N2S/c1-17(18-9-3-2-4-10-18)26-24(27)25-16-23-21-13-7-5-11-19(21)15-20-12-6-8-14-22(20)23/h2-15,17H,16H2,1H3,(H2,25,26,27)/t17-/m0/s1. The van der Waals surface area contributed by atoms with Crippen LogP contribution >= 0.6 is 12.2 Å². The van der Waals surface area contributed by atoms with E-state index in [2.05, 4.69) is 84.3 Å². The zero-order chi connectivity index (χ0) is 18.6. The number of hydrogen-bond acceptors (Lipinski definition) is 1. The fourth-order valence-electron chi connectivity index (χ4n) is 3.54. The summed E-state index contributed by atoms with van der Waals surface area (Å²) in [5, 5.41) is 12.5. The Morgan fingerprint density at radius 1 is 0.815 bits per heavy atom. The smallest absolute Gasteiger partial charge is 0.167 e. The Morgan fingerprint density at radius 2 is 1.37 bits per heavy atom. The minimum absolute atomic E-state index is 0.162. The van der Waals surface area contributed by atoms with Gasteiger partial charge in [-0.2, -0.15) is 0 Å². The van der Waals surface area contributed by atoms with Gasteiger partial charge in [0.1, 0.15) is 0 Å². The summed E-state index contributed by atoms with van der Waals surface area (Å²) in [7, 11) is 0. The molecule has 0 aliphatic carbocycles. The van der Waals surface area contributed by atoms with Gasteiger partial charge in [-0.25, -0.2) is 0 Å². The van der Waals surface area contributed by atoms with E-state index in [9.17, 15) is 0 Å². The van der Waals surface area contributed by atoms with Crippen molar-refractivity contribution >= 4 is 38.9 Å². The summed E-state index contributed by atoms with van der Waals surface area (Å²) in [5.41, 5.74) is 2.50. The lowest BCUT2D eigenvalue weighted by molar-refractivity contribution is 0.699. The predicted molar refractivity (Wildman–Crippen MR) is 119 cm³/mol. The van der Waals surface area contributed by atoms with Gasteiger partial charge in [0.15, 0.2) is 5.11 Å². The zero-order valence-electron chi connectivity index (χ0n) is 15.3. The van der Waals surface area contributed by atoms with Crippen LogP contribution in [0.15, 0.2) is 84.9 Å². The Morgan fingerprint density at radius 3 is 2.00 bits per heavy atom. The largest absolute Gasteiger partial charge is 0.359 e. The summed E-state index contributed by atoms with van der Waals surface area (Å²) in [4.78, 5) is 0. The van der Waals surface area contributed by atoms with Crippen LogP contribution in [-0.4, -0.2) is 5.11 Å². The van der Waals surface area contributed by atoms with Crippen molar-refractivity contribution in [2.45, 2.75) is 19.5 Å². The van der Waals surface area contributed by atoms with Crippen LogP contribution in [0.3, 0.4) is 0 Å². The van der Waals surface area contributed by atoms with E-state index in [1.807, 2.05) is 18.2 Å². The van der Waals surface area contributed by atoms with E-state index in [0.717, 1.165) is 0 Å². The monoisotopic (exact) mass is 370 g/mol. The number of fused-ring (bicyclic) bond motifs is 2. The zero-order valence-corrected chi connectivity index (χ0v) is 16.1. The second-order valence-corrected chi connectivity index (χ2v) is 7.17. The molecule has 0 saturated heterocycles. The summed E-state index contributed by atoms with van der Waals surface area (Å²) in [5.74, 6) is 0. The Labute approximate surface area is 165 Å². The molecular formula is C24H22N2S. The molecule has 3 heteroatoms. The van der Waals surface area contributed by atoms with E-state index in [1.165, 1.54) is 32.7 Å². The van der Waals surface area contributed by atoms with E-state index >= 15 is 0 Å². The third-order valence-corrected chi connectivity index (χ3v) is 5.22. The third kappa shape index (κ3) is 3.79. The van der Waals surface area contributed by atoms with Gasteiger partial charge in [-0.15, -0.1) is 0 Å². The van der Waals surface area contributed by atoms with Gasteiger partial charge in [-0.1, -0.05) is 78.9 Å². The molecule has 4 rings (SSSR count). The highest BCUT2D eigenvalue weighted by atomic mass is 32.1. The Kier molecular flexibility index (Phi) is 5.03. The molecule has 0 heterocycles. The van der Waals surface area contributed by atoms with Gasteiger partial charge in [0.2, 0.25) is 0 Å². The molecule has 0 saturated carbocycles. The second kappa shape index (κ2) is 7.77. The summed E-state index contributed by atoms with van der Waals surface area (Å²) in [6.07, 6.45) is 0. The summed E-state index contributed by atoms with van der Waals surface area (Å²) in [6.45, 7) is 2.81. The minimum Gasteiger partial charge on any atom is -0.359 e. The maximum Gasteiger partial charge on any atom is 0.167 e. The Bertz CT molecular complexity index is 1040. The number of thiocarbonyl (C=S) groups is 1. The molecule has 4 aromatic rings. The highest BCUT2D eigenvalue weighted by Gasteiger charge is 2.10. The SMILES string of the molecule is C[C@H](NC(=S)NCc1c2ccccc2cc2ccccc12)c1ccccc1. The van der Waals surface area contributed by atoms with Crippen LogP contribution in [0.4, 0.5) is 0 Å². The normalized spacial score (nSPS) is 12.0. The second-order valence-electron chi connectivity index (χ2n) is 6.76. The van der Waals surface area contributed by atoms with Crippen LogP contribution in [0.5, 0.6) is 0 Å². The van der Waals surface area contributed by atoms with E-state index in [0.29, 0.717) is 11.7 Å². The molecule has 0 aliphatic rings. The first-order valence-corrected chi connectivity index (χ1v) is 9.62. The minimum atomic E-state index is 0.162. The van der Waals surface area contributed by atoms with Crippen LogP contribution in [-0.2, 0) is 6.54 Å². The van der Waals surface area contributed by atoms with Crippen molar-refractivity contribution in [3.63, 3.8) is 0 Å². The molecule has 2 nitrogen and oxygen atoms in total. The first kappa shape index (κ1) is 17.5. The molecule has 4 aromatic carbocycles. The number of rotatable bonds is 4. The van der Waals surface area contributed by atoms with E-state index < -0.39 is 0 Å². The molecule has 27 heavy (non-hydrogen) atoms. The van der Waals surface area contributed by atoms with Crippen molar-refractivity contribution in [3.8, 4) is 0 Å². The fraction of sp³-hybridized carbons (Fsp3) is 0.125. The van der Waals surface area contributed by atoms with Crippen molar-refractivity contribution < 1.29 is 0 Å². The van der Waals surface area contributed by atoms with Gasteiger partial charge in [0.25, 0.3) is 0 Å². The van der Waals surface area contributed by atoms with Gasteiger partial charge in [0.05, 0.1) is 6.04 Å². The lowest BCUT2D eigenvalue weighted by atomic mass is 9.97. The van der Waals surface area contributed by atoms with Gasteiger partial charge in [-0.05, 0) is 57.9 Å². The van der Waals surface area contributed by atoms with Crippen LogP contribution in [0, 0.1) is 0 Å². The highest BCUT2D eigenvalue weighted by molar-refractivity contribution is 7.80. The number of benzene rings is 4. The lowest BCUT2D eigenvalue weighted by Gasteiger charge is -2.18. The Balaban J connectivity index is 1.57. The summed E-state index contributed by atoms with van der Waals surface area (Å²) in [6, 6.07) is 29.8. The van der Waals surface area contributed by atoms with Gasteiger partial charge in [0, 0.05) is 6.54 Å². The average Bonchev–Trinajstić information content (AvgIpc) is 2.71. The summed E-state index contributed by atoms with van der Waals surface area (Å²) >= 11 is 5.55. The molecule has 0 fully saturated rings. The van der Waals surface area contributed by atoms with Crippen molar-refractivity contribution in [3.05, 3.63) is 96.1 Å². The number of nitrogens with one attached hydrogen (secondary N) is 2. The molecule has 0 bridgehead atoms. The summed E-state index contributed by atoms with van der Waals surface area (Å²) < 4.78 is 0. The molecule has 0 amide bonds. The quantitative estimate of drug-likeness (QED) is 0.355. The molecule has 2 N–H and O–H groups in total. The lowest BCUT2D eigenvalue weighted by Crippen LogP contribution is -2.36. The van der Waals surface area contributed by atoms with Crippen molar-refractivity contribution in [1.82, 2.24) is 10.6 Å². The van der Waals surface area contributed by atoms with Crippen LogP contribution in [0.2, 0.25) is 0 Å². The van der Waals surface area contributed by atoms with Gasteiger partial charge >= 0.3 is 0 Å². The predicted octanol–water partition coefficient (Wildman–Crippen LogP) is 5.72. The first-order valence-electron chi connectivity index (χ1n) is 9.21. The molecule has 1 atom stereocenters. The van der Waals surface area contributed by atoms with Crippen molar-refractivity contribution in [1.29, 1.82) is 0 Å². The fourth-order valence-corrected chi connectivity index (χ4v) is 3.79. The third-order valence-electron chi connectivity index (χ3n) is 4.96. The Hall–Kier alpha value is -2.91. The molecule has 0 radical (unpaired) electrons. The van der Waals surface area contributed by atoms with Gasteiger partial charge < -0.3 is 10.6 Å². The topological polar surface area (TPSA) is 24.1 Å². The molecule has 0 aromatic heterocycles. The molecule has 134 valence electrons. The van der Waals surface area contributed by atoms with Crippen molar-refractivity contribution in [2.24, 2.45) is 0 Å². The van der Waals surface area contributed by atoms with Crippen LogP contribution in [0.25, 0.3) is 21.5 Å². The van der Waals surface area contributed by atoms with Crippen LogP contribution in [0.1, 0.15) is 24.1 Å².